The molecule has 6 nitrogen and oxygen atoms in total. The quantitative estimate of drug-likeness (QED) is 0.517. The van der Waals surface area contributed by atoms with Crippen LogP contribution in [0, 0.1) is 0 Å². The zero-order chi connectivity index (χ0) is 11.7. The largest absolute Gasteiger partial charge is 0.412 e. The Morgan fingerprint density at radius 3 is 1.00 bits per heavy atom. The van der Waals surface area contributed by atoms with Gasteiger partial charge in [0.1, 0.15) is 6.10 Å². The van der Waals surface area contributed by atoms with Crippen molar-refractivity contribution in [3.05, 3.63) is 0 Å². The van der Waals surface area contributed by atoms with Gasteiger partial charge < -0.3 is 31.4 Å². The van der Waals surface area contributed by atoms with Crippen molar-refractivity contribution >= 4 is 0 Å². The fourth-order valence-electron chi connectivity index (χ4n) is 0.0577. The van der Waals surface area contributed by atoms with E-state index in [0.717, 1.165) is 7.11 Å². The molecular formula is C10H34O6. The predicted octanol–water partition coefficient (Wildman–Crippen LogP) is -0.630. The summed E-state index contributed by atoms with van der Waals surface area (Å²) in [7, 11) is 1.00. The summed E-state index contributed by atoms with van der Waals surface area (Å²) in [5.74, 6) is 0. The zero-order valence-electron chi connectivity index (χ0n) is 10.5. The molecule has 0 aromatic rings. The van der Waals surface area contributed by atoms with Gasteiger partial charge in [0, 0.05) is 7.11 Å². The highest BCUT2D eigenvalue weighted by molar-refractivity contribution is 4.43. The minimum absolute atomic E-state index is 0. The summed E-state index contributed by atoms with van der Waals surface area (Å²) < 4.78 is 0. The summed E-state index contributed by atoms with van der Waals surface area (Å²) in [6, 6.07) is 0. The van der Waals surface area contributed by atoms with E-state index in [-0.39, 0.29) is 31.6 Å². The first-order chi connectivity index (χ1) is 6.22. The number of hydrogen-bond donors (Lipinski definition) is 4. The van der Waals surface area contributed by atoms with Gasteiger partial charge in [0.25, 0.3) is 0 Å². The van der Waals surface area contributed by atoms with Gasteiger partial charge in [-0.2, -0.15) is 0 Å². The molecule has 0 atom stereocenters. The van der Waals surface area contributed by atoms with Crippen molar-refractivity contribution in [3.8, 4) is 0 Å². The summed E-state index contributed by atoms with van der Waals surface area (Å²) in [6.07, 6.45) is 0.296. The van der Waals surface area contributed by atoms with Crippen molar-refractivity contribution in [3.63, 3.8) is 0 Å². The molecular weight excluding hydrogens is 216 g/mol. The fourth-order valence-corrected chi connectivity index (χ4v) is 0.0577. The molecule has 0 amide bonds. The molecule has 110 valence electrons. The van der Waals surface area contributed by atoms with E-state index in [2.05, 4.69) is 13.8 Å². The molecule has 0 spiro atoms. The van der Waals surface area contributed by atoms with Crippen molar-refractivity contribution < 1.29 is 31.4 Å². The topological polar surface area (TPSA) is 144 Å². The van der Waals surface area contributed by atoms with Gasteiger partial charge in [0.15, 0.2) is 0 Å². The standard InChI is InChI=1S/C3H8O3.C3H8.C2H6.CH4O.CH4.2H2O/c4-1-3(6)2-5;1-3-2;2*1-2;;;/h3-6H,1-2H2;3H2,1-2H3;1-2H3;2H,1H3;1H4;2*1H2. The Labute approximate surface area is 100 Å². The number of aliphatic hydroxyl groups is 4. The lowest BCUT2D eigenvalue weighted by molar-refractivity contribution is 0.0450. The van der Waals surface area contributed by atoms with Crippen LogP contribution in [0.4, 0.5) is 0 Å². The molecule has 0 fully saturated rings. The molecule has 0 saturated heterocycles. The second-order valence-corrected chi connectivity index (χ2v) is 1.73. The Morgan fingerprint density at radius 1 is 0.875 bits per heavy atom. The van der Waals surface area contributed by atoms with Gasteiger partial charge in [0.2, 0.25) is 0 Å². The third-order valence-electron chi connectivity index (χ3n) is 0.421. The van der Waals surface area contributed by atoms with E-state index in [9.17, 15) is 0 Å². The van der Waals surface area contributed by atoms with Gasteiger partial charge in [-0.1, -0.05) is 41.5 Å². The van der Waals surface area contributed by atoms with Crippen LogP contribution < -0.4 is 0 Å². The van der Waals surface area contributed by atoms with Crippen molar-refractivity contribution in [1.82, 2.24) is 0 Å². The number of hydrogen-bond acceptors (Lipinski definition) is 4. The second-order valence-electron chi connectivity index (χ2n) is 1.73. The second kappa shape index (κ2) is 84.2. The number of aliphatic hydroxyl groups excluding tert-OH is 4. The summed E-state index contributed by atoms with van der Waals surface area (Å²) in [5, 5.41) is 31.0. The Hall–Kier alpha value is -0.240. The first-order valence-corrected chi connectivity index (χ1v) is 4.57. The molecule has 0 bridgehead atoms. The summed E-state index contributed by atoms with van der Waals surface area (Å²) in [4.78, 5) is 0. The van der Waals surface area contributed by atoms with Crippen LogP contribution in [0.25, 0.3) is 0 Å². The van der Waals surface area contributed by atoms with Crippen molar-refractivity contribution in [2.75, 3.05) is 20.3 Å². The third kappa shape index (κ3) is 158. The smallest absolute Gasteiger partial charge is 0.100 e. The first kappa shape index (κ1) is 44.7. The molecule has 0 heterocycles. The zero-order valence-corrected chi connectivity index (χ0v) is 10.5. The Bertz CT molecular complexity index is 42.3. The number of rotatable bonds is 2. The Morgan fingerprint density at radius 2 is 1.00 bits per heavy atom. The van der Waals surface area contributed by atoms with Crippen molar-refractivity contribution in [1.29, 1.82) is 0 Å². The van der Waals surface area contributed by atoms with Crippen LogP contribution in [0.3, 0.4) is 0 Å². The highest BCUT2D eigenvalue weighted by atomic mass is 16.3. The molecule has 0 unspecified atom stereocenters. The van der Waals surface area contributed by atoms with E-state index in [1.165, 1.54) is 6.42 Å². The summed E-state index contributed by atoms with van der Waals surface area (Å²) >= 11 is 0. The highest BCUT2D eigenvalue weighted by Crippen LogP contribution is 1.71. The van der Waals surface area contributed by atoms with E-state index >= 15 is 0 Å². The molecule has 0 rings (SSSR count). The van der Waals surface area contributed by atoms with Gasteiger partial charge in [-0.15, -0.1) is 0 Å². The molecule has 0 aromatic heterocycles. The van der Waals surface area contributed by atoms with E-state index in [4.69, 9.17) is 20.4 Å². The maximum Gasteiger partial charge on any atom is 0.100 e. The minimum atomic E-state index is -0.954. The molecule has 0 aliphatic carbocycles. The van der Waals surface area contributed by atoms with Crippen LogP contribution in [-0.2, 0) is 0 Å². The Balaban J connectivity index is -0.0000000143. The maximum absolute atomic E-state index is 8.17. The molecule has 6 heteroatoms. The SMILES string of the molecule is C.CC.CCC.CO.O.O.OCC(O)CO. The van der Waals surface area contributed by atoms with Gasteiger partial charge in [0.05, 0.1) is 13.2 Å². The van der Waals surface area contributed by atoms with E-state index in [1.54, 1.807) is 0 Å². The van der Waals surface area contributed by atoms with Crippen LogP contribution in [0.5, 0.6) is 0 Å². The Kier molecular flexibility index (Phi) is 236. The van der Waals surface area contributed by atoms with Gasteiger partial charge in [-0.3, -0.25) is 0 Å². The third-order valence-corrected chi connectivity index (χ3v) is 0.421. The molecule has 0 radical (unpaired) electrons. The monoisotopic (exact) mass is 250 g/mol. The van der Waals surface area contributed by atoms with E-state index in [0.29, 0.717) is 0 Å². The van der Waals surface area contributed by atoms with Crippen LogP contribution >= 0.6 is 0 Å². The van der Waals surface area contributed by atoms with Crippen molar-refractivity contribution in [2.24, 2.45) is 0 Å². The van der Waals surface area contributed by atoms with Crippen LogP contribution in [0.2, 0.25) is 0 Å². The molecule has 0 saturated carbocycles. The molecule has 16 heavy (non-hydrogen) atoms. The lowest BCUT2D eigenvalue weighted by Gasteiger charge is -1.96. The average molecular weight is 250 g/mol. The summed E-state index contributed by atoms with van der Waals surface area (Å²) in [5.41, 5.74) is 0. The average Bonchev–Trinajstić information content (AvgIpc) is 2.24. The minimum Gasteiger partial charge on any atom is -0.412 e. The van der Waals surface area contributed by atoms with E-state index in [1.807, 2.05) is 13.8 Å². The fraction of sp³-hybridized carbons (Fsp3) is 1.00. The molecule has 0 aliphatic heterocycles. The lowest BCUT2D eigenvalue weighted by atomic mass is 10.4. The van der Waals surface area contributed by atoms with Crippen LogP contribution in [0.15, 0.2) is 0 Å². The summed E-state index contributed by atoms with van der Waals surface area (Å²) in [6.45, 7) is 7.52. The predicted molar refractivity (Wildman–Crippen MR) is 69.6 cm³/mol. The van der Waals surface area contributed by atoms with Crippen molar-refractivity contribution in [2.45, 2.75) is 47.6 Å². The van der Waals surface area contributed by atoms with E-state index < -0.39 is 6.10 Å². The molecule has 0 aliphatic rings. The first-order valence-electron chi connectivity index (χ1n) is 4.57. The lowest BCUT2D eigenvalue weighted by Crippen LogP contribution is -2.15. The van der Waals surface area contributed by atoms with Gasteiger partial charge >= 0.3 is 0 Å². The molecule has 0 aromatic carbocycles. The van der Waals surface area contributed by atoms with Crippen LogP contribution in [-0.4, -0.2) is 57.8 Å². The van der Waals surface area contributed by atoms with Crippen LogP contribution in [0.1, 0.15) is 41.5 Å². The normalized spacial score (nSPS) is 5.62. The van der Waals surface area contributed by atoms with Gasteiger partial charge in [-0.25, -0.2) is 0 Å². The molecule has 8 N–H and O–H groups in total. The van der Waals surface area contributed by atoms with Gasteiger partial charge in [-0.05, 0) is 0 Å². The maximum atomic E-state index is 8.17. The highest BCUT2D eigenvalue weighted by Gasteiger charge is 1.93.